The molecule has 1 aromatic carbocycles. The van der Waals surface area contributed by atoms with Gasteiger partial charge in [-0.2, -0.15) is 0 Å². The van der Waals surface area contributed by atoms with Crippen molar-refractivity contribution < 1.29 is 9.18 Å². The van der Waals surface area contributed by atoms with Crippen LogP contribution in [0.5, 0.6) is 0 Å². The molecule has 3 N–H and O–H groups in total. The number of hydrogen-bond donors (Lipinski definition) is 2. The van der Waals surface area contributed by atoms with Crippen molar-refractivity contribution in [1.82, 2.24) is 9.80 Å². The van der Waals surface area contributed by atoms with E-state index in [-0.39, 0.29) is 17.0 Å². The number of amides is 1. The van der Waals surface area contributed by atoms with E-state index in [1.807, 2.05) is 4.90 Å². The van der Waals surface area contributed by atoms with Gasteiger partial charge in [-0.25, -0.2) is 4.39 Å². The lowest BCUT2D eigenvalue weighted by molar-refractivity contribution is -0.139. The minimum Gasteiger partial charge on any atom is -0.371 e. The first-order valence-electron chi connectivity index (χ1n) is 8.86. The monoisotopic (exact) mass is 368 g/mol. The van der Waals surface area contributed by atoms with Gasteiger partial charge in [-0.3, -0.25) is 4.79 Å². The van der Waals surface area contributed by atoms with Crippen molar-refractivity contribution in [2.75, 3.05) is 38.5 Å². The largest absolute Gasteiger partial charge is 0.371 e. The number of nitrogens with two attached hydrogens (primary N) is 1. The van der Waals surface area contributed by atoms with E-state index in [2.05, 4.69) is 17.3 Å². The number of piperazine rings is 1. The molecule has 0 spiro atoms. The number of carbonyl (C=O) groups excluding carboxylic acids is 1. The van der Waals surface area contributed by atoms with Gasteiger partial charge in [0.15, 0.2) is 0 Å². The maximum absolute atomic E-state index is 13.5. The van der Waals surface area contributed by atoms with Gasteiger partial charge in [-0.05, 0) is 50.9 Å². The summed E-state index contributed by atoms with van der Waals surface area (Å²) in [7, 11) is 2.06. The molecule has 2 atom stereocenters. The first-order chi connectivity index (χ1) is 11.9. The Morgan fingerprint density at radius 2 is 2.08 bits per heavy atom. The van der Waals surface area contributed by atoms with Gasteiger partial charge < -0.3 is 20.9 Å². The topological polar surface area (TPSA) is 61.6 Å². The number of rotatable bonds is 3. The van der Waals surface area contributed by atoms with E-state index in [0.717, 1.165) is 45.4 Å². The Morgan fingerprint density at radius 3 is 2.72 bits per heavy atom. The third kappa shape index (κ3) is 4.07. The van der Waals surface area contributed by atoms with Crippen molar-refractivity contribution in [3.63, 3.8) is 0 Å². The summed E-state index contributed by atoms with van der Waals surface area (Å²) in [5.74, 6) is -0.372. The lowest BCUT2D eigenvalue weighted by Crippen LogP contribution is -2.61. The lowest BCUT2D eigenvalue weighted by atomic mass is 9.77. The highest BCUT2D eigenvalue weighted by Gasteiger charge is 2.44. The highest BCUT2D eigenvalue weighted by Crippen LogP contribution is 2.34. The highest BCUT2D eigenvalue weighted by molar-refractivity contribution is 6.31. The zero-order valence-electron chi connectivity index (χ0n) is 14.6. The number of likely N-dealkylation sites (N-methyl/N-ethyl adjacent to an activating group) is 1. The zero-order valence-corrected chi connectivity index (χ0v) is 15.4. The van der Waals surface area contributed by atoms with E-state index in [4.69, 9.17) is 17.3 Å². The predicted octanol–water partition coefficient (Wildman–Crippen LogP) is 2.31. The summed E-state index contributed by atoms with van der Waals surface area (Å²) in [4.78, 5) is 17.5. The fraction of sp³-hybridized carbons (Fsp3) is 0.611. The molecule has 7 heteroatoms. The second kappa shape index (κ2) is 7.48. The molecule has 1 saturated carbocycles. The van der Waals surface area contributed by atoms with Crippen LogP contribution in [0.4, 0.5) is 10.1 Å². The molecule has 2 fully saturated rings. The summed E-state index contributed by atoms with van der Waals surface area (Å²) in [5, 5.41) is 3.41. The number of carbonyl (C=O) groups is 1. The van der Waals surface area contributed by atoms with Crippen LogP contribution in [0.1, 0.15) is 25.7 Å². The van der Waals surface area contributed by atoms with Crippen LogP contribution in [0.25, 0.3) is 0 Å². The predicted molar refractivity (Wildman–Crippen MR) is 98.3 cm³/mol. The molecule has 2 unspecified atom stereocenters. The standard InChI is InChI=1S/C18H26ClFN4O/c1-23-7-9-24(10-8-23)17(25)18(6-2-3-13(21)12-18)22-14-4-5-16(20)15(19)11-14/h4-5,11,13,22H,2-3,6-10,12,21H2,1H3. The molecule has 1 aliphatic heterocycles. The van der Waals surface area contributed by atoms with Crippen LogP contribution < -0.4 is 11.1 Å². The fourth-order valence-electron chi connectivity index (χ4n) is 3.84. The van der Waals surface area contributed by atoms with Crippen molar-refractivity contribution in [2.45, 2.75) is 37.3 Å². The van der Waals surface area contributed by atoms with E-state index in [1.165, 1.54) is 12.1 Å². The van der Waals surface area contributed by atoms with Gasteiger partial charge in [-0.15, -0.1) is 0 Å². The van der Waals surface area contributed by atoms with Crippen molar-refractivity contribution in [3.8, 4) is 0 Å². The average Bonchev–Trinajstić information content (AvgIpc) is 2.58. The number of benzene rings is 1. The molecule has 1 amide bonds. The lowest BCUT2D eigenvalue weighted by Gasteiger charge is -2.44. The summed E-state index contributed by atoms with van der Waals surface area (Å²) in [6.45, 7) is 3.18. The van der Waals surface area contributed by atoms with E-state index in [9.17, 15) is 9.18 Å². The molecule has 1 heterocycles. The summed E-state index contributed by atoms with van der Waals surface area (Å²) < 4.78 is 13.5. The molecule has 138 valence electrons. The van der Waals surface area contributed by atoms with Crippen LogP contribution in [0, 0.1) is 5.82 Å². The quantitative estimate of drug-likeness (QED) is 0.859. The van der Waals surface area contributed by atoms with E-state index in [0.29, 0.717) is 12.1 Å². The number of halogens is 2. The molecular weight excluding hydrogens is 343 g/mol. The van der Waals surface area contributed by atoms with Crippen molar-refractivity contribution >= 4 is 23.2 Å². The Morgan fingerprint density at radius 1 is 1.36 bits per heavy atom. The zero-order chi connectivity index (χ0) is 18.0. The fourth-order valence-corrected chi connectivity index (χ4v) is 4.02. The number of hydrogen-bond acceptors (Lipinski definition) is 4. The normalized spacial score (nSPS) is 28.0. The molecule has 1 saturated heterocycles. The Labute approximate surface area is 153 Å². The molecule has 0 radical (unpaired) electrons. The summed E-state index contributed by atoms with van der Waals surface area (Å²) in [6.07, 6.45) is 3.11. The number of nitrogens with one attached hydrogen (secondary N) is 1. The summed E-state index contributed by atoms with van der Waals surface area (Å²) in [6, 6.07) is 4.46. The van der Waals surface area contributed by atoms with Gasteiger partial charge in [0.2, 0.25) is 5.91 Å². The molecular formula is C18H26ClFN4O. The third-order valence-corrected chi connectivity index (χ3v) is 5.58. The van der Waals surface area contributed by atoms with Crippen LogP contribution >= 0.6 is 11.6 Å². The number of anilines is 1. The molecule has 3 rings (SSSR count). The van der Waals surface area contributed by atoms with Crippen LogP contribution in [0.3, 0.4) is 0 Å². The first-order valence-corrected chi connectivity index (χ1v) is 9.24. The summed E-state index contributed by atoms with van der Waals surface area (Å²) in [5.41, 5.74) is 6.12. The molecule has 0 bridgehead atoms. The van der Waals surface area contributed by atoms with E-state index < -0.39 is 11.4 Å². The Hall–Kier alpha value is -1.37. The van der Waals surface area contributed by atoms with Gasteiger partial charge in [-0.1, -0.05) is 11.6 Å². The van der Waals surface area contributed by atoms with Gasteiger partial charge in [0.05, 0.1) is 5.02 Å². The van der Waals surface area contributed by atoms with E-state index in [1.54, 1.807) is 6.07 Å². The molecule has 5 nitrogen and oxygen atoms in total. The second-order valence-electron chi connectivity index (χ2n) is 7.29. The van der Waals surface area contributed by atoms with Gasteiger partial charge >= 0.3 is 0 Å². The Kier molecular flexibility index (Phi) is 5.51. The minimum absolute atomic E-state index is 0.0198. The van der Waals surface area contributed by atoms with Crippen LogP contribution in [-0.2, 0) is 4.79 Å². The smallest absolute Gasteiger partial charge is 0.248 e. The van der Waals surface area contributed by atoms with Crippen molar-refractivity contribution in [2.24, 2.45) is 5.73 Å². The average molecular weight is 369 g/mol. The van der Waals surface area contributed by atoms with Crippen LogP contribution in [0.2, 0.25) is 5.02 Å². The molecule has 2 aliphatic rings. The Balaban J connectivity index is 1.84. The Bertz CT molecular complexity index is 636. The first kappa shape index (κ1) is 18.4. The number of nitrogens with zero attached hydrogens (tertiary/aromatic N) is 2. The van der Waals surface area contributed by atoms with Crippen molar-refractivity contribution in [3.05, 3.63) is 29.0 Å². The maximum Gasteiger partial charge on any atom is 0.248 e. The van der Waals surface area contributed by atoms with Gasteiger partial charge in [0.25, 0.3) is 0 Å². The minimum atomic E-state index is -0.741. The van der Waals surface area contributed by atoms with Crippen LogP contribution in [-0.4, -0.2) is 60.5 Å². The molecule has 25 heavy (non-hydrogen) atoms. The van der Waals surface area contributed by atoms with Crippen LogP contribution in [0.15, 0.2) is 18.2 Å². The summed E-state index contributed by atoms with van der Waals surface area (Å²) >= 11 is 5.91. The van der Waals surface area contributed by atoms with Crippen molar-refractivity contribution in [1.29, 1.82) is 0 Å². The van der Waals surface area contributed by atoms with Gasteiger partial charge in [0.1, 0.15) is 11.4 Å². The van der Waals surface area contributed by atoms with Gasteiger partial charge in [0, 0.05) is 37.9 Å². The second-order valence-corrected chi connectivity index (χ2v) is 7.70. The van der Waals surface area contributed by atoms with E-state index >= 15 is 0 Å². The molecule has 1 aromatic rings. The third-order valence-electron chi connectivity index (χ3n) is 5.29. The molecule has 0 aromatic heterocycles. The highest BCUT2D eigenvalue weighted by atomic mass is 35.5. The molecule has 1 aliphatic carbocycles. The SMILES string of the molecule is CN1CCN(C(=O)C2(Nc3ccc(F)c(Cl)c3)CCCC(N)C2)CC1. The maximum atomic E-state index is 13.5.